The molecule has 0 aromatic rings. The summed E-state index contributed by atoms with van der Waals surface area (Å²) in [6.07, 6.45) is 7.73. The molecular formula is C14H27NO2. The smallest absolute Gasteiger partial charge is 0.0809 e. The highest BCUT2D eigenvalue weighted by molar-refractivity contribution is 4.90. The van der Waals surface area contributed by atoms with Gasteiger partial charge in [0.25, 0.3) is 0 Å². The van der Waals surface area contributed by atoms with Gasteiger partial charge in [-0.05, 0) is 26.7 Å². The number of morpholine rings is 1. The molecule has 0 radical (unpaired) electrons. The number of nitrogens with zero attached hydrogens (tertiary/aromatic N) is 1. The van der Waals surface area contributed by atoms with Crippen LogP contribution in [0.5, 0.6) is 0 Å². The van der Waals surface area contributed by atoms with E-state index in [-0.39, 0.29) is 5.60 Å². The van der Waals surface area contributed by atoms with E-state index < -0.39 is 5.60 Å². The average Bonchev–Trinajstić information content (AvgIpc) is 2.41. The van der Waals surface area contributed by atoms with Gasteiger partial charge in [0.1, 0.15) is 0 Å². The molecule has 2 rings (SSSR count). The number of hydrogen-bond donors (Lipinski definition) is 1. The standard InChI is InChI=1S/C14H27NO2/c1-13(2,16)11-15-9-10-17-14(12-15)7-5-3-4-6-8-14/h16H,3-12H2,1-2H3. The maximum Gasteiger partial charge on any atom is 0.0809 e. The lowest BCUT2D eigenvalue weighted by Gasteiger charge is -2.44. The lowest BCUT2D eigenvalue weighted by atomic mass is 9.91. The van der Waals surface area contributed by atoms with Gasteiger partial charge < -0.3 is 9.84 Å². The molecule has 1 aliphatic heterocycles. The van der Waals surface area contributed by atoms with E-state index in [2.05, 4.69) is 4.90 Å². The summed E-state index contributed by atoms with van der Waals surface area (Å²) >= 11 is 0. The van der Waals surface area contributed by atoms with E-state index in [9.17, 15) is 5.11 Å². The van der Waals surface area contributed by atoms with Gasteiger partial charge in [-0.25, -0.2) is 0 Å². The van der Waals surface area contributed by atoms with Crippen molar-refractivity contribution in [3.05, 3.63) is 0 Å². The first-order chi connectivity index (χ1) is 7.99. The summed E-state index contributed by atoms with van der Waals surface area (Å²) in [5.41, 5.74) is -0.497. The fourth-order valence-corrected chi connectivity index (χ4v) is 3.28. The number of ether oxygens (including phenoxy) is 1. The van der Waals surface area contributed by atoms with Crippen LogP contribution in [0.25, 0.3) is 0 Å². The van der Waals surface area contributed by atoms with E-state index in [4.69, 9.17) is 4.74 Å². The molecule has 3 heteroatoms. The molecule has 3 nitrogen and oxygen atoms in total. The van der Waals surface area contributed by atoms with E-state index in [1.54, 1.807) is 0 Å². The monoisotopic (exact) mass is 241 g/mol. The Morgan fingerprint density at radius 2 is 1.82 bits per heavy atom. The molecule has 0 amide bonds. The van der Waals surface area contributed by atoms with Crippen molar-refractivity contribution >= 4 is 0 Å². The van der Waals surface area contributed by atoms with Crippen LogP contribution in [-0.2, 0) is 4.74 Å². The van der Waals surface area contributed by atoms with E-state index in [1.807, 2.05) is 13.8 Å². The molecule has 2 fully saturated rings. The second-order valence-corrected chi connectivity index (χ2v) is 6.47. The predicted molar refractivity (Wildman–Crippen MR) is 69.1 cm³/mol. The molecule has 0 aromatic heterocycles. The third kappa shape index (κ3) is 3.94. The molecule has 1 N–H and O–H groups in total. The van der Waals surface area contributed by atoms with Crippen LogP contribution in [0.2, 0.25) is 0 Å². The quantitative estimate of drug-likeness (QED) is 0.804. The Bertz CT molecular complexity index is 239. The lowest BCUT2D eigenvalue weighted by Crippen LogP contribution is -2.54. The minimum atomic E-state index is -0.594. The average molecular weight is 241 g/mol. The first kappa shape index (κ1) is 13.3. The molecule has 0 aromatic carbocycles. The molecule has 1 saturated heterocycles. The van der Waals surface area contributed by atoms with Gasteiger partial charge in [0.05, 0.1) is 17.8 Å². The van der Waals surface area contributed by atoms with Crippen molar-refractivity contribution in [2.75, 3.05) is 26.2 Å². The van der Waals surface area contributed by atoms with Gasteiger partial charge in [-0.1, -0.05) is 25.7 Å². The van der Waals surface area contributed by atoms with Gasteiger partial charge in [-0.15, -0.1) is 0 Å². The van der Waals surface area contributed by atoms with Crippen molar-refractivity contribution in [2.45, 2.75) is 63.6 Å². The van der Waals surface area contributed by atoms with E-state index in [1.165, 1.54) is 38.5 Å². The van der Waals surface area contributed by atoms with Crippen molar-refractivity contribution in [1.82, 2.24) is 4.90 Å². The van der Waals surface area contributed by atoms with Crippen LogP contribution in [-0.4, -0.2) is 47.4 Å². The minimum absolute atomic E-state index is 0.0972. The van der Waals surface area contributed by atoms with Crippen molar-refractivity contribution in [3.63, 3.8) is 0 Å². The first-order valence-corrected chi connectivity index (χ1v) is 7.08. The molecule has 1 saturated carbocycles. The molecule has 1 aliphatic carbocycles. The summed E-state index contributed by atoms with van der Waals surface area (Å²) in [4.78, 5) is 2.38. The fourth-order valence-electron chi connectivity index (χ4n) is 3.28. The molecule has 17 heavy (non-hydrogen) atoms. The normalized spacial score (nSPS) is 27.0. The van der Waals surface area contributed by atoms with E-state index >= 15 is 0 Å². The summed E-state index contributed by atoms with van der Waals surface area (Å²) in [6.45, 7) is 7.35. The number of hydrogen-bond acceptors (Lipinski definition) is 3. The topological polar surface area (TPSA) is 32.7 Å². The van der Waals surface area contributed by atoms with Gasteiger partial charge >= 0.3 is 0 Å². The van der Waals surface area contributed by atoms with Crippen molar-refractivity contribution in [1.29, 1.82) is 0 Å². The molecular weight excluding hydrogens is 214 g/mol. The summed E-state index contributed by atoms with van der Waals surface area (Å²) in [7, 11) is 0. The van der Waals surface area contributed by atoms with E-state index in [0.29, 0.717) is 0 Å². The Balaban J connectivity index is 1.95. The van der Waals surface area contributed by atoms with Crippen LogP contribution in [0.15, 0.2) is 0 Å². The molecule has 2 aliphatic rings. The maximum absolute atomic E-state index is 9.93. The van der Waals surface area contributed by atoms with Gasteiger partial charge in [0.2, 0.25) is 0 Å². The predicted octanol–water partition coefficient (Wildman–Crippen LogP) is 2.18. The molecule has 100 valence electrons. The van der Waals surface area contributed by atoms with Gasteiger partial charge in [-0.2, -0.15) is 0 Å². The van der Waals surface area contributed by atoms with Crippen LogP contribution in [0.1, 0.15) is 52.4 Å². The maximum atomic E-state index is 9.93. The SMILES string of the molecule is CC(C)(O)CN1CCOC2(CCCCCC2)C1. The number of aliphatic hydroxyl groups is 1. The van der Waals surface area contributed by atoms with Crippen molar-refractivity contribution < 1.29 is 9.84 Å². The highest BCUT2D eigenvalue weighted by Crippen LogP contribution is 2.33. The highest BCUT2D eigenvalue weighted by Gasteiger charge is 2.37. The zero-order valence-corrected chi connectivity index (χ0v) is 11.4. The highest BCUT2D eigenvalue weighted by atomic mass is 16.5. The van der Waals surface area contributed by atoms with Crippen molar-refractivity contribution in [3.8, 4) is 0 Å². The fraction of sp³-hybridized carbons (Fsp3) is 1.00. The molecule has 0 atom stereocenters. The summed E-state index contributed by atoms with van der Waals surface area (Å²) in [6, 6.07) is 0. The number of β-amino-alcohol motifs (C(OH)–C–C–N with tert-alkyl or cyclic N) is 1. The lowest BCUT2D eigenvalue weighted by molar-refractivity contribution is -0.127. The van der Waals surface area contributed by atoms with Crippen LogP contribution < -0.4 is 0 Å². The Labute approximate surface area is 105 Å². The number of rotatable bonds is 2. The molecule has 1 heterocycles. The summed E-state index contributed by atoms with van der Waals surface area (Å²) < 4.78 is 6.11. The van der Waals surface area contributed by atoms with Gasteiger partial charge in [0.15, 0.2) is 0 Å². The molecule has 0 unspecified atom stereocenters. The summed E-state index contributed by atoms with van der Waals surface area (Å²) in [5, 5.41) is 9.93. The minimum Gasteiger partial charge on any atom is -0.389 e. The van der Waals surface area contributed by atoms with Gasteiger partial charge in [-0.3, -0.25) is 4.90 Å². The van der Waals surface area contributed by atoms with E-state index in [0.717, 1.165) is 26.2 Å². The molecule has 1 spiro atoms. The second kappa shape index (κ2) is 5.25. The second-order valence-electron chi connectivity index (χ2n) is 6.47. The summed E-state index contributed by atoms with van der Waals surface area (Å²) in [5.74, 6) is 0. The Hall–Kier alpha value is -0.120. The third-order valence-corrected chi connectivity index (χ3v) is 3.95. The van der Waals surface area contributed by atoms with Crippen LogP contribution >= 0.6 is 0 Å². The first-order valence-electron chi connectivity index (χ1n) is 7.08. The van der Waals surface area contributed by atoms with Gasteiger partial charge in [0, 0.05) is 19.6 Å². The zero-order chi connectivity index (χ0) is 12.4. The molecule has 0 bridgehead atoms. The van der Waals surface area contributed by atoms with Crippen LogP contribution in [0.4, 0.5) is 0 Å². The van der Waals surface area contributed by atoms with Crippen LogP contribution in [0.3, 0.4) is 0 Å². The zero-order valence-electron chi connectivity index (χ0n) is 11.4. The third-order valence-electron chi connectivity index (χ3n) is 3.95. The Kier molecular flexibility index (Phi) is 4.11. The van der Waals surface area contributed by atoms with Crippen molar-refractivity contribution in [2.24, 2.45) is 0 Å². The van der Waals surface area contributed by atoms with Crippen LogP contribution in [0, 0.1) is 0 Å². The largest absolute Gasteiger partial charge is 0.389 e. The Morgan fingerprint density at radius 1 is 1.18 bits per heavy atom. The Morgan fingerprint density at radius 3 is 2.41 bits per heavy atom.